The van der Waals surface area contributed by atoms with Crippen molar-refractivity contribution in [3.63, 3.8) is 0 Å². The van der Waals surface area contributed by atoms with Crippen LogP contribution in [0.3, 0.4) is 0 Å². The summed E-state index contributed by atoms with van der Waals surface area (Å²) in [6.07, 6.45) is 1.23. The zero-order valence-electron chi connectivity index (χ0n) is 10.8. The lowest BCUT2D eigenvalue weighted by Gasteiger charge is -2.10. The van der Waals surface area contributed by atoms with E-state index in [1.54, 1.807) is 6.92 Å². The minimum absolute atomic E-state index is 0.0404. The van der Waals surface area contributed by atoms with Crippen molar-refractivity contribution in [2.45, 2.75) is 11.9 Å². The van der Waals surface area contributed by atoms with Crippen LogP contribution in [0.5, 0.6) is 5.75 Å². The van der Waals surface area contributed by atoms with Gasteiger partial charge in [-0.05, 0) is 19.1 Å². The normalized spacial score (nSPS) is 10.8. The molecular formula is C12H12N4O3S. The first-order valence-electron chi connectivity index (χ1n) is 5.59. The average Bonchev–Trinajstić information content (AvgIpc) is 2.86. The molecule has 0 unspecified atom stereocenters. The van der Waals surface area contributed by atoms with E-state index in [2.05, 4.69) is 14.7 Å². The van der Waals surface area contributed by atoms with Gasteiger partial charge in [0.1, 0.15) is 11.6 Å². The smallest absolute Gasteiger partial charge is 0.279 e. The fourth-order valence-corrected chi connectivity index (χ4v) is 2.62. The van der Waals surface area contributed by atoms with Gasteiger partial charge in [0.25, 0.3) is 10.0 Å². The molecule has 2 aromatic rings. The Morgan fingerprint density at radius 3 is 2.75 bits per heavy atom. The van der Waals surface area contributed by atoms with Crippen molar-refractivity contribution in [3.05, 3.63) is 35.8 Å². The second-order valence-corrected chi connectivity index (χ2v) is 5.62. The molecule has 2 rings (SSSR count). The van der Waals surface area contributed by atoms with Gasteiger partial charge in [-0.3, -0.25) is 4.72 Å². The summed E-state index contributed by atoms with van der Waals surface area (Å²) < 4.78 is 31.7. The van der Waals surface area contributed by atoms with E-state index in [0.717, 1.165) is 0 Å². The number of hydrogen-bond acceptors (Lipinski definition) is 5. The molecule has 0 radical (unpaired) electrons. The predicted molar refractivity (Wildman–Crippen MR) is 71.8 cm³/mol. The first kappa shape index (κ1) is 13.9. The number of aromatic amines is 1. The lowest BCUT2D eigenvalue weighted by atomic mass is 10.2. The molecule has 0 fully saturated rings. The highest BCUT2D eigenvalue weighted by molar-refractivity contribution is 7.92. The zero-order chi connectivity index (χ0) is 14.8. The number of imidazole rings is 1. The van der Waals surface area contributed by atoms with Crippen molar-refractivity contribution in [2.24, 2.45) is 0 Å². The summed E-state index contributed by atoms with van der Waals surface area (Å²) in [4.78, 5) is 6.49. The van der Waals surface area contributed by atoms with Crippen molar-refractivity contribution in [1.82, 2.24) is 9.97 Å². The Kier molecular flexibility index (Phi) is 3.63. The second kappa shape index (κ2) is 5.22. The topological polar surface area (TPSA) is 108 Å². The summed E-state index contributed by atoms with van der Waals surface area (Å²) in [5.41, 5.74) is 0.626. The van der Waals surface area contributed by atoms with Gasteiger partial charge in [-0.2, -0.15) is 13.7 Å². The number of methoxy groups -OCH3 is 1. The van der Waals surface area contributed by atoms with Crippen molar-refractivity contribution in [3.8, 4) is 11.8 Å². The Morgan fingerprint density at radius 2 is 2.20 bits per heavy atom. The molecule has 0 aliphatic heterocycles. The largest absolute Gasteiger partial charge is 0.495 e. The van der Waals surface area contributed by atoms with Crippen LogP contribution < -0.4 is 9.46 Å². The Balaban J connectivity index is 2.37. The molecule has 0 bridgehead atoms. The first-order chi connectivity index (χ1) is 9.46. The van der Waals surface area contributed by atoms with E-state index >= 15 is 0 Å². The first-order valence-corrected chi connectivity index (χ1v) is 7.07. The second-order valence-electron chi connectivity index (χ2n) is 3.97. The fourth-order valence-electron chi connectivity index (χ4n) is 1.58. The van der Waals surface area contributed by atoms with E-state index in [1.807, 2.05) is 6.07 Å². The summed E-state index contributed by atoms with van der Waals surface area (Å²) in [6, 6.07) is 6.38. The maximum Gasteiger partial charge on any atom is 0.279 e. The number of anilines is 1. The van der Waals surface area contributed by atoms with Gasteiger partial charge in [-0.25, -0.2) is 4.98 Å². The van der Waals surface area contributed by atoms with Gasteiger partial charge >= 0.3 is 0 Å². The SMILES string of the molecule is COc1cc(C#N)ccc1NS(=O)(=O)c1cnc(C)[nH]1. The Bertz CT molecular complexity index is 774. The molecule has 0 saturated carbocycles. The highest BCUT2D eigenvalue weighted by atomic mass is 32.2. The number of nitrogens with zero attached hydrogens (tertiary/aromatic N) is 2. The molecule has 0 aliphatic rings. The number of ether oxygens (including phenoxy) is 1. The van der Waals surface area contributed by atoms with Crippen LogP contribution in [-0.2, 0) is 10.0 Å². The van der Waals surface area contributed by atoms with Gasteiger partial charge in [-0.1, -0.05) is 0 Å². The lowest BCUT2D eigenvalue weighted by Crippen LogP contribution is -2.14. The van der Waals surface area contributed by atoms with Gasteiger partial charge < -0.3 is 9.72 Å². The van der Waals surface area contributed by atoms with Crippen LogP contribution in [0.25, 0.3) is 0 Å². The average molecular weight is 292 g/mol. The van der Waals surface area contributed by atoms with Gasteiger partial charge in [-0.15, -0.1) is 0 Å². The van der Waals surface area contributed by atoms with Gasteiger partial charge in [0.15, 0.2) is 5.03 Å². The summed E-state index contributed by atoms with van der Waals surface area (Å²) in [6.45, 7) is 1.65. The van der Waals surface area contributed by atoms with E-state index in [0.29, 0.717) is 11.4 Å². The van der Waals surface area contributed by atoms with Crippen LogP contribution in [0.4, 0.5) is 5.69 Å². The molecule has 0 aliphatic carbocycles. The summed E-state index contributed by atoms with van der Waals surface area (Å²) in [5, 5.41) is 8.76. The molecule has 2 N–H and O–H groups in total. The Hall–Kier alpha value is -2.53. The predicted octanol–water partition coefficient (Wildman–Crippen LogP) is 1.40. The summed E-state index contributed by atoms with van der Waals surface area (Å²) in [5.74, 6) is 0.765. The van der Waals surface area contributed by atoms with Crippen LogP contribution in [0, 0.1) is 18.3 Å². The molecule has 1 heterocycles. The number of sulfonamides is 1. The highest BCUT2D eigenvalue weighted by Crippen LogP contribution is 2.27. The van der Waals surface area contributed by atoms with E-state index < -0.39 is 10.0 Å². The number of nitriles is 1. The quantitative estimate of drug-likeness (QED) is 0.885. The molecule has 8 heteroatoms. The molecular weight excluding hydrogens is 280 g/mol. The third-order valence-corrected chi connectivity index (χ3v) is 3.82. The maximum atomic E-state index is 12.1. The molecule has 0 atom stereocenters. The standard InChI is InChI=1S/C12H12N4O3S/c1-8-14-7-12(15-8)20(17,18)16-10-4-3-9(6-13)5-11(10)19-2/h3-5,7,16H,1-2H3,(H,14,15). The molecule has 1 aromatic carbocycles. The van der Waals surface area contributed by atoms with Crippen LogP contribution in [0.1, 0.15) is 11.4 Å². The van der Waals surface area contributed by atoms with E-state index in [9.17, 15) is 8.42 Å². The lowest BCUT2D eigenvalue weighted by molar-refractivity contribution is 0.416. The number of aryl methyl sites for hydroxylation is 1. The highest BCUT2D eigenvalue weighted by Gasteiger charge is 2.18. The van der Waals surface area contributed by atoms with Crippen molar-refractivity contribution in [2.75, 3.05) is 11.8 Å². The van der Waals surface area contributed by atoms with E-state index in [4.69, 9.17) is 10.00 Å². The van der Waals surface area contributed by atoms with Crippen LogP contribution in [0.2, 0.25) is 0 Å². The zero-order valence-corrected chi connectivity index (χ0v) is 11.7. The van der Waals surface area contributed by atoms with Gasteiger partial charge in [0.2, 0.25) is 0 Å². The third-order valence-electron chi connectivity index (χ3n) is 2.54. The van der Waals surface area contributed by atoms with Crippen molar-refractivity contribution >= 4 is 15.7 Å². The number of hydrogen-bond donors (Lipinski definition) is 2. The third kappa shape index (κ3) is 2.73. The number of benzene rings is 1. The van der Waals surface area contributed by atoms with Crippen LogP contribution in [-0.4, -0.2) is 25.5 Å². The molecule has 0 amide bonds. The van der Waals surface area contributed by atoms with Gasteiger partial charge in [0, 0.05) is 6.07 Å². The molecule has 0 saturated heterocycles. The molecule has 20 heavy (non-hydrogen) atoms. The minimum Gasteiger partial charge on any atom is -0.495 e. The monoisotopic (exact) mass is 292 g/mol. The Labute approximate surface area is 116 Å². The summed E-state index contributed by atoms with van der Waals surface area (Å²) >= 11 is 0. The maximum absolute atomic E-state index is 12.1. The minimum atomic E-state index is -3.78. The molecule has 7 nitrogen and oxygen atoms in total. The van der Waals surface area contributed by atoms with E-state index in [1.165, 1.54) is 31.5 Å². The number of aromatic nitrogens is 2. The van der Waals surface area contributed by atoms with Crippen molar-refractivity contribution in [1.29, 1.82) is 5.26 Å². The van der Waals surface area contributed by atoms with Crippen molar-refractivity contribution < 1.29 is 13.2 Å². The van der Waals surface area contributed by atoms with Crippen LogP contribution >= 0.6 is 0 Å². The summed E-state index contributed by atoms with van der Waals surface area (Å²) in [7, 11) is -2.38. The fraction of sp³-hybridized carbons (Fsp3) is 0.167. The van der Waals surface area contributed by atoms with Crippen LogP contribution in [0.15, 0.2) is 29.4 Å². The van der Waals surface area contributed by atoms with E-state index in [-0.39, 0.29) is 16.5 Å². The Morgan fingerprint density at radius 1 is 1.45 bits per heavy atom. The molecule has 1 aromatic heterocycles. The van der Waals surface area contributed by atoms with Gasteiger partial charge in [0.05, 0.1) is 30.6 Å². The number of H-pyrrole nitrogens is 1. The number of nitrogens with one attached hydrogen (secondary N) is 2. The number of rotatable bonds is 4. The molecule has 104 valence electrons. The molecule has 0 spiro atoms.